The molecule has 9 unspecified atom stereocenters. The quantitative estimate of drug-likeness (QED) is 0.0324. The lowest BCUT2D eigenvalue weighted by Gasteiger charge is -2.40. The van der Waals surface area contributed by atoms with Crippen LogP contribution in [0.2, 0.25) is 0 Å². The van der Waals surface area contributed by atoms with Crippen molar-refractivity contribution in [2.45, 2.75) is 223 Å². The van der Waals surface area contributed by atoms with Crippen molar-refractivity contribution in [2.75, 3.05) is 13.2 Å². The zero-order valence-electron chi connectivity index (χ0n) is 32.1. The molecule has 1 fully saturated rings. The van der Waals surface area contributed by atoms with Crippen molar-refractivity contribution in [1.29, 1.82) is 0 Å². The molecule has 0 aliphatic carbocycles. The molecule has 1 heterocycles. The van der Waals surface area contributed by atoms with Gasteiger partial charge in [-0.25, -0.2) is 0 Å². The van der Waals surface area contributed by atoms with Crippen LogP contribution in [0.1, 0.15) is 168 Å². The minimum absolute atomic E-state index is 0.259. The van der Waals surface area contributed by atoms with Crippen LogP contribution in [0, 0.1) is 0 Å². The van der Waals surface area contributed by atoms with Crippen LogP contribution in [0.4, 0.5) is 0 Å². The van der Waals surface area contributed by atoms with Gasteiger partial charge >= 0.3 is 0 Å². The molecular weight excluding hydrogens is 654 g/mol. The number of hydrogen-bond donors (Lipinski definition) is 8. The fourth-order valence-corrected chi connectivity index (χ4v) is 6.54. The highest BCUT2D eigenvalue weighted by molar-refractivity contribution is 5.80. The van der Waals surface area contributed by atoms with Gasteiger partial charge in [-0.15, -0.1) is 0 Å². The second kappa shape index (κ2) is 31.2. The summed E-state index contributed by atoms with van der Waals surface area (Å²) in [5, 5.41) is 75.1. The zero-order chi connectivity index (χ0) is 37.7. The Kier molecular flexibility index (Phi) is 29.3. The topological polar surface area (TPSA) is 189 Å². The summed E-state index contributed by atoms with van der Waals surface area (Å²) in [5.41, 5.74) is 0. The van der Waals surface area contributed by atoms with Gasteiger partial charge in [0.15, 0.2) is 6.29 Å². The second-order valence-electron chi connectivity index (χ2n) is 14.7. The van der Waals surface area contributed by atoms with Crippen LogP contribution in [0.5, 0.6) is 0 Å². The monoisotopic (exact) mass is 732 g/mol. The van der Waals surface area contributed by atoms with E-state index in [-0.39, 0.29) is 12.8 Å². The first-order valence-electron chi connectivity index (χ1n) is 20.6. The van der Waals surface area contributed by atoms with Gasteiger partial charge in [-0.05, 0) is 32.1 Å². The van der Waals surface area contributed by atoms with Crippen molar-refractivity contribution in [3.8, 4) is 0 Å². The first-order valence-corrected chi connectivity index (χ1v) is 20.6. The normalized spacial score (nSPS) is 23.4. The number of aliphatic hydroxyl groups is 7. The van der Waals surface area contributed by atoms with Crippen molar-refractivity contribution in [3.63, 3.8) is 0 Å². The largest absolute Gasteiger partial charge is 0.394 e. The van der Waals surface area contributed by atoms with Crippen LogP contribution >= 0.6 is 0 Å². The predicted octanol–water partition coefficient (Wildman–Crippen LogP) is 5.33. The molecule has 51 heavy (non-hydrogen) atoms. The molecule has 1 rings (SSSR count). The Labute approximate surface area is 309 Å². The average Bonchev–Trinajstić information content (AvgIpc) is 3.13. The van der Waals surface area contributed by atoms with Crippen molar-refractivity contribution in [1.82, 2.24) is 5.32 Å². The number of ether oxygens (including phenoxy) is 2. The van der Waals surface area contributed by atoms with E-state index in [2.05, 4.69) is 31.3 Å². The van der Waals surface area contributed by atoms with Gasteiger partial charge in [0.2, 0.25) is 5.91 Å². The summed E-state index contributed by atoms with van der Waals surface area (Å²) in [6, 6.07) is -1.17. The first-order chi connectivity index (χ1) is 24.7. The lowest BCUT2D eigenvalue weighted by Crippen LogP contribution is -2.60. The van der Waals surface area contributed by atoms with Gasteiger partial charge in [0.25, 0.3) is 0 Å². The molecule has 0 aromatic carbocycles. The molecule has 0 saturated carbocycles. The SMILES string of the molecule is CCCCC=CCCCCC(O)C(O)C(COC1OC(CO)C(O)C(O)C1O)NC(=O)C(O)CCCCCCCCCCCCCCCCCC. The van der Waals surface area contributed by atoms with E-state index in [1.54, 1.807) is 0 Å². The highest BCUT2D eigenvalue weighted by Crippen LogP contribution is 2.23. The van der Waals surface area contributed by atoms with Crippen LogP contribution < -0.4 is 5.32 Å². The highest BCUT2D eigenvalue weighted by atomic mass is 16.7. The number of allylic oxidation sites excluding steroid dienone is 2. The number of amides is 1. The summed E-state index contributed by atoms with van der Waals surface area (Å²) in [5.74, 6) is -0.707. The molecule has 0 aromatic rings. The van der Waals surface area contributed by atoms with Gasteiger partial charge in [0, 0.05) is 0 Å². The van der Waals surface area contributed by atoms with Crippen LogP contribution in [0.25, 0.3) is 0 Å². The lowest BCUT2D eigenvalue weighted by molar-refractivity contribution is -0.303. The van der Waals surface area contributed by atoms with Crippen LogP contribution in [0.3, 0.4) is 0 Å². The molecule has 1 saturated heterocycles. The maximum absolute atomic E-state index is 13.0. The third kappa shape index (κ3) is 22.0. The van der Waals surface area contributed by atoms with Gasteiger partial charge in [0.1, 0.15) is 36.6 Å². The van der Waals surface area contributed by atoms with Gasteiger partial charge < -0.3 is 50.5 Å². The fraction of sp³-hybridized carbons (Fsp3) is 0.925. The number of carbonyl (C=O) groups is 1. The van der Waals surface area contributed by atoms with Crippen molar-refractivity contribution >= 4 is 5.91 Å². The second-order valence-corrected chi connectivity index (χ2v) is 14.7. The highest BCUT2D eigenvalue weighted by Gasteiger charge is 2.44. The van der Waals surface area contributed by atoms with Gasteiger partial charge in [-0.3, -0.25) is 4.79 Å². The Hall–Kier alpha value is -1.15. The Balaban J connectivity index is 2.48. The molecule has 8 N–H and O–H groups in total. The van der Waals surface area contributed by atoms with Crippen molar-refractivity contribution in [2.24, 2.45) is 0 Å². The molecule has 9 atom stereocenters. The van der Waals surface area contributed by atoms with Crippen LogP contribution in [0.15, 0.2) is 12.2 Å². The Morgan fingerprint density at radius 3 is 1.69 bits per heavy atom. The number of rotatable bonds is 33. The lowest BCUT2D eigenvalue weighted by atomic mass is 9.98. The van der Waals surface area contributed by atoms with E-state index in [9.17, 15) is 40.5 Å². The number of nitrogens with one attached hydrogen (secondary N) is 1. The van der Waals surface area contributed by atoms with E-state index < -0.39 is 74.2 Å². The van der Waals surface area contributed by atoms with Gasteiger partial charge in [0.05, 0.1) is 25.4 Å². The van der Waals surface area contributed by atoms with E-state index in [0.717, 1.165) is 51.4 Å². The van der Waals surface area contributed by atoms with E-state index in [1.165, 1.54) is 77.0 Å². The summed E-state index contributed by atoms with van der Waals surface area (Å²) >= 11 is 0. The molecular formula is C40H77NO10. The summed E-state index contributed by atoms with van der Waals surface area (Å²) in [7, 11) is 0. The Bertz CT molecular complexity index is 846. The number of hydrogen-bond acceptors (Lipinski definition) is 10. The van der Waals surface area contributed by atoms with E-state index in [0.29, 0.717) is 12.8 Å². The van der Waals surface area contributed by atoms with Crippen LogP contribution in [-0.4, -0.2) is 110 Å². The van der Waals surface area contributed by atoms with Gasteiger partial charge in [-0.1, -0.05) is 148 Å². The molecule has 1 aliphatic heterocycles. The fourth-order valence-electron chi connectivity index (χ4n) is 6.54. The minimum Gasteiger partial charge on any atom is -0.394 e. The molecule has 0 bridgehead atoms. The molecule has 11 heteroatoms. The Morgan fingerprint density at radius 2 is 1.16 bits per heavy atom. The van der Waals surface area contributed by atoms with E-state index >= 15 is 0 Å². The molecule has 0 spiro atoms. The molecule has 302 valence electrons. The average molecular weight is 732 g/mol. The van der Waals surface area contributed by atoms with Crippen molar-refractivity contribution < 1.29 is 50.0 Å². The Morgan fingerprint density at radius 1 is 0.667 bits per heavy atom. The number of carbonyl (C=O) groups excluding carboxylic acids is 1. The molecule has 1 aliphatic rings. The van der Waals surface area contributed by atoms with Gasteiger partial charge in [-0.2, -0.15) is 0 Å². The maximum Gasteiger partial charge on any atom is 0.249 e. The standard InChI is InChI=1S/C40H77NO10/c1-3-5-7-9-11-13-14-15-16-17-18-19-20-22-24-26-28-33(44)39(49)41-31(30-50-40-38(48)37(47)36(46)34(29-42)51-40)35(45)32(43)27-25-23-21-12-10-8-6-4-2/h10,12,31-38,40,42-48H,3-9,11,13-30H2,1-2H3,(H,41,49). The minimum atomic E-state index is -1.66. The number of aliphatic hydroxyl groups excluding tert-OH is 7. The molecule has 0 aromatic heterocycles. The first kappa shape index (κ1) is 47.9. The summed E-state index contributed by atoms with van der Waals surface area (Å²) in [6.45, 7) is 3.33. The maximum atomic E-state index is 13.0. The summed E-state index contributed by atoms with van der Waals surface area (Å²) < 4.78 is 11.0. The summed E-state index contributed by atoms with van der Waals surface area (Å²) in [6.07, 6.45) is 18.6. The number of unbranched alkanes of at least 4 members (excludes halogenated alkanes) is 19. The van der Waals surface area contributed by atoms with Crippen molar-refractivity contribution in [3.05, 3.63) is 12.2 Å². The zero-order valence-corrected chi connectivity index (χ0v) is 32.1. The predicted molar refractivity (Wildman–Crippen MR) is 201 cm³/mol. The molecule has 0 radical (unpaired) electrons. The third-order valence-electron chi connectivity index (χ3n) is 10.1. The molecule has 1 amide bonds. The summed E-state index contributed by atoms with van der Waals surface area (Å²) in [4.78, 5) is 13.0. The van der Waals surface area contributed by atoms with E-state index in [4.69, 9.17) is 9.47 Å². The smallest absolute Gasteiger partial charge is 0.249 e. The molecule has 11 nitrogen and oxygen atoms in total. The van der Waals surface area contributed by atoms with Crippen LogP contribution in [-0.2, 0) is 14.3 Å². The van der Waals surface area contributed by atoms with E-state index in [1.807, 2.05) is 0 Å². The third-order valence-corrected chi connectivity index (χ3v) is 10.1.